The summed E-state index contributed by atoms with van der Waals surface area (Å²) in [5, 5.41) is 0.652. The van der Waals surface area contributed by atoms with Crippen molar-refractivity contribution in [1.82, 2.24) is 0 Å². The summed E-state index contributed by atoms with van der Waals surface area (Å²) < 4.78 is 29.7. The first-order chi connectivity index (χ1) is 7.68. The number of hydrogen-bond donors (Lipinski definition) is 0. The summed E-state index contributed by atoms with van der Waals surface area (Å²) >= 11 is 0. The molecule has 1 rings (SSSR count). The summed E-state index contributed by atoms with van der Waals surface area (Å²) in [6, 6.07) is 6.19. The van der Waals surface area contributed by atoms with E-state index in [4.69, 9.17) is 13.3 Å². The van der Waals surface area contributed by atoms with Crippen molar-refractivity contribution < 1.29 is 17.7 Å². The van der Waals surface area contributed by atoms with Crippen molar-refractivity contribution >= 4 is 14.0 Å². The lowest BCUT2D eigenvalue weighted by Crippen LogP contribution is -2.56. The molecule has 3 nitrogen and oxygen atoms in total. The molecule has 0 saturated carbocycles. The van der Waals surface area contributed by atoms with E-state index < -0.39 is 8.80 Å². The highest BCUT2D eigenvalue weighted by Crippen LogP contribution is 2.10. The third kappa shape index (κ3) is 2.88. The van der Waals surface area contributed by atoms with Gasteiger partial charge in [-0.2, -0.15) is 0 Å². The maximum atomic E-state index is 13.2. The molecule has 0 atom stereocenters. The van der Waals surface area contributed by atoms with Crippen LogP contribution in [0.5, 0.6) is 0 Å². The molecule has 0 saturated heterocycles. The molecular formula is C11H17FO3Si. The molecular weight excluding hydrogens is 227 g/mol. The van der Waals surface area contributed by atoms with E-state index >= 15 is 0 Å². The first-order valence-electron chi connectivity index (χ1n) is 5.27. The predicted molar refractivity (Wildman–Crippen MR) is 62.0 cm³/mol. The van der Waals surface area contributed by atoms with Crippen LogP contribution in [-0.2, 0) is 13.3 Å². The lowest BCUT2D eigenvalue weighted by atomic mass is 10.3. The lowest BCUT2D eigenvalue weighted by molar-refractivity contribution is 0.102. The summed E-state index contributed by atoms with van der Waals surface area (Å²) in [4.78, 5) is 0. The highest BCUT2D eigenvalue weighted by atomic mass is 28.4. The second kappa shape index (κ2) is 6.10. The minimum absolute atomic E-state index is 0.314. The summed E-state index contributed by atoms with van der Waals surface area (Å²) in [6.07, 6.45) is 0. The zero-order chi connectivity index (χ0) is 12.0. The van der Waals surface area contributed by atoms with Gasteiger partial charge in [0.25, 0.3) is 0 Å². The van der Waals surface area contributed by atoms with E-state index in [1.54, 1.807) is 12.1 Å². The van der Waals surface area contributed by atoms with Gasteiger partial charge in [0.2, 0.25) is 0 Å². The van der Waals surface area contributed by atoms with Crippen molar-refractivity contribution in [2.75, 3.05) is 20.3 Å². The Balaban J connectivity index is 3.07. The minimum atomic E-state index is -2.92. The molecule has 1 aromatic carbocycles. The Labute approximate surface area is 96.5 Å². The Hall–Kier alpha value is -0.753. The third-order valence-corrected chi connectivity index (χ3v) is 5.01. The first-order valence-corrected chi connectivity index (χ1v) is 7.00. The second-order valence-corrected chi connectivity index (χ2v) is 5.81. The molecule has 0 aliphatic rings. The standard InChI is InChI=1S/C11H17FO3Si/c1-4-14-16(13-3,15-5-2)11-8-6-7-10(12)9-11/h6-9H,4-5H2,1-3H3. The average Bonchev–Trinajstić information content (AvgIpc) is 2.28. The van der Waals surface area contributed by atoms with Gasteiger partial charge in [-0.05, 0) is 26.0 Å². The van der Waals surface area contributed by atoms with Gasteiger partial charge in [0.15, 0.2) is 0 Å². The molecule has 0 aliphatic carbocycles. The third-order valence-electron chi connectivity index (χ3n) is 2.12. The van der Waals surface area contributed by atoms with E-state index in [0.29, 0.717) is 18.4 Å². The fourth-order valence-corrected chi connectivity index (χ4v) is 3.77. The van der Waals surface area contributed by atoms with Crippen LogP contribution in [-0.4, -0.2) is 29.1 Å². The van der Waals surface area contributed by atoms with Gasteiger partial charge in [-0.25, -0.2) is 4.39 Å². The van der Waals surface area contributed by atoms with Crippen molar-refractivity contribution in [3.8, 4) is 0 Å². The minimum Gasteiger partial charge on any atom is -0.373 e. The highest BCUT2D eigenvalue weighted by Gasteiger charge is 2.42. The fourth-order valence-electron chi connectivity index (χ4n) is 1.50. The van der Waals surface area contributed by atoms with Crippen LogP contribution in [0.4, 0.5) is 4.39 Å². The molecule has 0 amide bonds. The van der Waals surface area contributed by atoms with Gasteiger partial charge in [0.1, 0.15) is 5.82 Å². The van der Waals surface area contributed by atoms with Crippen LogP contribution >= 0.6 is 0 Å². The number of hydrogen-bond acceptors (Lipinski definition) is 3. The maximum absolute atomic E-state index is 13.2. The van der Waals surface area contributed by atoms with Crippen LogP contribution in [0.15, 0.2) is 24.3 Å². The van der Waals surface area contributed by atoms with Crippen molar-refractivity contribution in [1.29, 1.82) is 0 Å². The molecule has 0 unspecified atom stereocenters. The summed E-state index contributed by atoms with van der Waals surface area (Å²) in [7, 11) is -1.39. The quantitative estimate of drug-likeness (QED) is 0.713. The van der Waals surface area contributed by atoms with Gasteiger partial charge in [0.05, 0.1) is 0 Å². The molecule has 0 bridgehead atoms. The Morgan fingerprint density at radius 2 is 1.81 bits per heavy atom. The van der Waals surface area contributed by atoms with Gasteiger partial charge in [0, 0.05) is 25.5 Å². The summed E-state index contributed by atoms with van der Waals surface area (Å²) in [6.45, 7) is 4.66. The van der Waals surface area contributed by atoms with Gasteiger partial charge in [-0.15, -0.1) is 0 Å². The number of halogens is 1. The SMILES string of the molecule is CCO[Si](OC)(OCC)c1cccc(F)c1. The lowest BCUT2D eigenvalue weighted by Gasteiger charge is -2.27. The van der Waals surface area contributed by atoms with Crippen LogP contribution in [0.2, 0.25) is 0 Å². The molecule has 16 heavy (non-hydrogen) atoms. The zero-order valence-electron chi connectivity index (χ0n) is 9.83. The second-order valence-electron chi connectivity index (χ2n) is 3.14. The molecule has 90 valence electrons. The maximum Gasteiger partial charge on any atom is 0.537 e. The smallest absolute Gasteiger partial charge is 0.373 e. The largest absolute Gasteiger partial charge is 0.537 e. The first kappa shape index (κ1) is 13.3. The predicted octanol–water partition coefficient (Wildman–Crippen LogP) is 1.69. The molecule has 0 heterocycles. The Morgan fingerprint density at radius 1 is 1.19 bits per heavy atom. The molecule has 0 radical (unpaired) electrons. The van der Waals surface area contributed by atoms with Gasteiger partial charge in [-0.1, -0.05) is 12.1 Å². The highest BCUT2D eigenvalue weighted by molar-refractivity contribution is 6.75. The molecule has 0 aliphatic heterocycles. The van der Waals surface area contributed by atoms with E-state index in [0.717, 1.165) is 0 Å². The van der Waals surface area contributed by atoms with Gasteiger partial charge >= 0.3 is 8.80 Å². The van der Waals surface area contributed by atoms with E-state index in [2.05, 4.69) is 0 Å². The van der Waals surface area contributed by atoms with E-state index in [-0.39, 0.29) is 5.82 Å². The fraction of sp³-hybridized carbons (Fsp3) is 0.455. The van der Waals surface area contributed by atoms with E-state index in [9.17, 15) is 4.39 Å². The van der Waals surface area contributed by atoms with Crippen LogP contribution in [0, 0.1) is 5.82 Å². The van der Waals surface area contributed by atoms with Crippen molar-refractivity contribution in [2.45, 2.75) is 13.8 Å². The topological polar surface area (TPSA) is 27.7 Å². The van der Waals surface area contributed by atoms with Gasteiger partial charge < -0.3 is 13.3 Å². The average molecular weight is 244 g/mol. The molecule has 5 heteroatoms. The van der Waals surface area contributed by atoms with Crippen molar-refractivity contribution in [2.24, 2.45) is 0 Å². The molecule has 0 N–H and O–H groups in total. The van der Waals surface area contributed by atoms with E-state index in [1.807, 2.05) is 13.8 Å². The Bertz CT molecular complexity index is 327. The summed E-state index contributed by atoms with van der Waals surface area (Å²) in [5.41, 5.74) is 0. The number of rotatable bonds is 6. The molecule has 1 aromatic rings. The molecule has 0 fully saturated rings. The van der Waals surface area contributed by atoms with Crippen molar-refractivity contribution in [3.05, 3.63) is 30.1 Å². The summed E-state index contributed by atoms with van der Waals surface area (Å²) in [5.74, 6) is -0.314. The number of benzene rings is 1. The monoisotopic (exact) mass is 244 g/mol. The molecule has 0 aromatic heterocycles. The Kier molecular flexibility index (Phi) is 5.07. The normalized spacial score (nSPS) is 11.8. The van der Waals surface area contributed by atoms with Gasteiger partial charge in [-0.3, -0.25) is 0 Å². The van der Waals surface area contributed by atoms with Crippen LogP contribution in [0.25, 0.3) is 0 Å². The van der Waals surface area contributed by atoms with Crippen molar-refractivity contribution in [3.63, 3.8) is 0 Å². The van der Waals surface area contributed by atoms with Crippen LogP contribution in [0.3, 0.4) is 0 Å². The zero-order valence-corrected chi connectivity index (χ0v) is 10.8. The van der Waals surface area contributed by atoms with Crippen LogP contribution < -0.4 is 5.19 Å². The van der Waals surface area contributed by atoms with Crippen LogP contribution in [0.1, 0.15) is 13.8 Å². The Morgan fingerprint density at radius 3 is 2.25 bits per heavy atom. The van der Waals surface area contributed by atoms with E-state index in [1.165, 1.54) is 19.2 Å². The molecule has 0 spiro atoms.